The first-order valence-electron chi connectivity index (χ1n) is 6.43. The highest BCUT2D eigenvalue weighted by Gasteiger charge is 2.27. The summed E-state index contributed by atoms with van der Waals surface area (Å²) in [6, 6.07) is 11.9. The normalized spacial score (nSPS) is 14.1. The fraction of sp³-hybridized carbons (Fsp3) is 0.250. The molecule has 2 aromatic rings. The largest absolute Gasteiger partial charge is 0.388 e. The van der Waals surface area contributed by atoms with Crippen molar-refractivity contribution in [2.75, 3.05) is 6.54 Å². The molecule has 2 aromatic carbocycles. The minimum atomic E-state index is -0.893. The van der Waals surface area contributed by atoms with Crippen LogP contribution in [0.25, 0.3) is 0 Å². The molecule has 0 heterocycles. The minimum absolute atomic E-state index is 0.107. The Labute approximate surface area is 123 Å². The summed E-state index contributed by atoms with van der Waals surface area (Å²) >= 11 is 6.07. The van der Waals surface area contributed by atoms with E-state index in [2.05, 4.69) is 0 Å². The van der Waals surface area contributed by atoms with E-state index in [1.54, 1.807) is 6.07 Å². The summed E-state index contributed by atoms with van der Waals surface area (Å²) in [5, 5.41) is 10.8. The highest BCUT2D eigenvalue weighted by molar-refractivity contribution is 6.31. The van der Waals surface area contributed by atoms with Gasteiger partial charge >= 0.3 is 0 Å². The first-order valence-corrected chi connectivity index (χ1v) is 6.81. The molecule has 0 aliphatic rings. The summed E-state index contributed by atoms with van der Waals surface area (Å²) in [5.41, 5.74) is 7.69. The van der Waals surface area contributed by atoms with Gasteiger partial charge in [0, 0.05) is 23.0 Å². The molecule has 0 bridgehead atoms. The Morgan fingerprint density at radius 2 is 1.90 bits per heavy atom. The third-order valence-corrected chi connectivity index (χ3v) is 3.84. The summed E-state index contributed by atoms with van der Waals surface area (Å²) in [6.07, 6.45) is -0.893. The average molecular weight is 294 g/mol. The van der Waals surface area contributed by atoms with Crippen LogP contribution in [0.1, 0.15) is 28.7 Å². The Bertz CT molecular complexity index is 583. The number of benzene rings is 2. The fourth-order valence-electron chi connectivity index (χ4n) is 2.40. The highest BCUT2D eigenvalue weighted by atomic mass is 35.5. The number of aryl methyl sites for hydroxylation is 1. The molecule has 0 amide bonds. The molecule has 2 nitrogen and oxygen atoms in total. The summed E-state index contributed by atoms with van der Waals surface area (Å²) in [7, 11) is 0. The molecule has 106 valence electrons. The summed E-state index contributed by atoms with van der Waals surface area (Å²) in [5.74, 6) is -1.02. The molecule has 0 aliphatic carbocycles. The Balaban J connectivity index is 2.45. The second-order valence-electron chi connectivity index (χ2n) is 4.78. The van der Waals surface area contributed by atoms with Gasteiger partial charge in [0.2, 0.25) is 0 Å². The number of halogens is 2. The second-order valence-corrected chi connectivity index (χ2v) is 5.19. The van der Waals surface area contributed by atoms with Gasteiger partial charge in [0.05, 0.1) is 6.10 Å². The lowest BCUT2D eigenvalue weighted by Crippen LogP contribution is -2.22. The van der Waals surface area contributed by atoms with Crippen molar-refractivity contribution in [3.05, 3.63) is 70.0 Å². The Morgan fingerprint density at radius 3 is 2.50 bits per heavy atom. The molecule has 3 N–H and O–H groups in total. The predicted molar refractivity (Wildman–Crippen MR) is 79.3 cm³/mol. The Hall–Kier alpha value is -1.42. The van der Waals surface area contributed by atoms with Gasteiger partial charge in [0.1, 0.15) is 5.82 Å². The summed E-state index contributed by atoms with van der Waals surface area (Å²) in [4.78, 5) is 0. The zero-order chi connectivity index (χ0) is 14.7. The number of aliphatic hydroxyl groups is 1. The molecule has 20 heavy (non-hydrogen) atoms. The van der Waals surface area contributed by atoms with E-state index in [0.717, 1.165) is 11.1 Å². The van der Waals surface area contributed by atoms with Gasteiger partial charge in [-0.2, -0.15) is 0 Å². The minimum Gasteiger partial charge on any atom is -0.388 e. The summed E-state index contributed by atoms with van der Waals surface area (Å²) < 4.78 is 14.0. The first kappa shape index (κ1) is 15.0. The van der Waals surface area contributed by atoms with E-state index in [0.29, 0.717) is 0 Å². The van der Waals surface area contributed by atoms with Crippen molar-refractivity contribution in [3.63, 3.8) is 0 Å². The third-order valence-electron chi connectivity index (χ3n) is 3.51. The van der Waals surface area contributed by atoms with Crippen LogP contribution in [0, 0.1) is 12.7 Å². The molecule has 0 fully saturated rings. The molecule has 0 radical (unpaired) electrons. The monoisotopic (exact) mass is 293 g/mol. The zero-order valence-corrected chi connectivity index (χ0v) is 11.9. The molecule has 4 heteroatoms. The van der Waals surface area contributed by atoms with E-state index >= 15 is 0 Å². The van der Waals surface area contributed by atoms with Crippen LogP contribution >= 0.6 is 11.6 Å². The number of rotatable bonds is 4. The van der Waals surface area contributed by atoms with Gasteiger partial charge in [0.15, 0.2) is 0 Å². The van der Waals surface area contributed by atoms with E-state index in [4.69, 9.17) is 17.3 Å². The van der Waals surface area contributed by atoms with Crippen LogP contribution in [0.2, 0.25) is 5.02 Å². The second kappa shape index (κ2) is 6.35. The maximum absolute atomic E-state index is 14.0. The average Bonchev–Trinajstić information content (AvgIpc) is 2.43. The standard InChI is InChI=1S/C16H17ClFNO/c1-10-5-2-3-6-11(10)16(20)12(9-19)15-13(17)7-4-8-14(15)18/h2-8,12,16,20H,9,19H2,1H3. The molecule has 0 saturated heterocycles. The predicted octanol–water partition coefficient (Wildman–Crippen LogP) is 3.56. The lowest BCUT2D eigenvalue weighted by molar-refractivity contribution is 0.145. The van der Waals surface area contributed by atoms with Crippen molar-refractivity contribution in [3.8, 4) is 0 Å². The van der Waals surface area contributed by atoms with Gasteiger partial charge in [-0.15, -0.1) is 0 Å². The maximum atomic E-state index is 14.0. The number of nitrogens with two attached hydrogens (primary N) is 1. The van der Waals surface area contributed by atoms with E-state index in [1.165, 1.54) is 12.1 Å². The van der Waals surface area contributed by atoms with Gasteiger partial charge < -0.3 is 10.8 Å². The van der Waals surface area contributed by atoms with Crippen LogP contribution in [0.15, 0.2) is 42.5 Å². The van der Waals surface area contributed by atoms with Crippen molar-refractivity contribution in [1.29, 1.82) is 0 Å². The molecule has 2 rings (SSSR count). The number of aliphatic hydroxyl groups excluding tert-OH is 1. The fourth-order valence-corrected chi connectivity index (χ4v) is 2.71. The van der Waals surface area contributed by atoms with Gasteiger partial charge in [-0.25, -0.2) is 4.39 Å². The third kappa shape index (κ3) is 2.85. The van der Waals surface area contributed by atoms with Crippen LogP contribution in [0.4, 0.5) is 4.39 Å². The van der Waals surface area contributed by atoms with Crippen molar-refractivity contribution >= 4 is 11.6 Å². The van der Waals surface area contributed by atoms with Gasteiger partial charge in [0.25, 0.3) is 0 Å². The van der Waals surface area contributed by atoms with Gasteiger partial charge in [-0.3, -0.25) is 0 Å². The molecule has 2 atom stereocenters. The van der Waals surface area contributed by atoms with Crippen LogP contribution in [0.5, 0.6) is 0 Å². The maximum Gasteiger partial charge on any atom is 0.128 e. The zero-order valence-electron chi connectivity index (χ0n) is 11.2. The molecule has 0 aromatic heterocycles. The van der Waals surface area contributed by atoms with Crippen LogP contribution in [0.3, 0.4) is 0 Å². The SMILES string of the molecule is Cc1ccccc1C(O)C(CN)c1c(F)cccc1Cl. The molecular formula is C16H17ClFNO. The number of hydrogen-bond donors (Lipinski definition) is 2. The van der Waals surface area contributed by atoms with E-state index in [1.807, 2.05) is 31.2 Å². The smallest absolute Gasteiger partial charge is 0.128 e. The lowest BCUT2D eigenvalue weighted by atomic mass is 9.87. The van der Waals surface area contributed by atoms with Crippen molar-refractivity contribution in [2.45, 2.75) is 18.9 Å². The molecular weight excluding hydrogens is 277 g/mol. The summed E-state index contributed by atoms with van der Waals surface area (Å²) in [6.45, 7) is 2.01. The Kier molecular flexibility index (Phi) is 4.76. The first-order chi connectivity index (χ1) is 9.56. The quantitative estimate of drug-likeness (QED) is 0.905. The van der Waals surface area contributed by atoms with Crippen LogP contribution < -0.4 is 5.73 Å². The number of hydrogen-bond acceptors (Lipinski definition) is 2. The van der Waals surface area contributed by atoms with Crippen LogP contribution in [-0.4, -0.2) is 11.7 Å². The van der Waals surface area contributed by atoms with Gasteiger partial charge in [-0.1, -0.05) is 41.9 Å². The molecule has 0 saturated carbocycles. The van der Waals surface area contributed by atoms with Crippen molar-refractivity contribution in [1.82, 2.24) is 0 Å². The van der Waals surface area contributed by atoms with E-state index < -0.39 is 17.8 Å². The van der Waals surface area contributed by atoms with Gasteiger partial charge in [-0.05, 0) is 30.2 Å². The van der Waals surface area contributed by atoms with E-state index in [9.17, 15) is 9.50 Å². The molecule has 0 aliphatic heterocycles. The molecule has 2 unspecified atom stereocenters. The topological polar surface area (TPSA) is 46.2 Å². The Morgan fingerprint density at radius 1 is 1.20 bits per heavy atom. The van der Waals surface area contributed by atoms with Crippen LogP contribution in [-0.2, 0) is 0 Å². The van der Waals surface area contributed by atoms with Crippen molar-refractivity contribution in [2.24, 2.45) is 5.73 Å². The molecule has 0 spiro atoms. The highest BCUT2D eigenvalue weighted by Crippen LogP contribution is 2.36. The lowest BCUT2D eigenvalue weighted by Gasteiger charge is -2.24. The van der Waals surface area contributed by atoms with Crippen molar-refractivity contribution < 1.29 is 9.50 Å². The van der Waals surface area contributed by atoms with E-state index in [-0.39, 0.29) is 17.1 Å².